The van der Waals surface area contributed by atoms with Crippen molar-refractivity contribution in [2.75, 3.05) is 5.75 Å². The number of para-hydroxylation sites is 2. The Labute approximate surface area is 187 Å². The molecule has 0 radical (unpaired) electrons. The highest BCUT2D eigenvalue weighted by Crippen LogP contribution is 2.25. The lowest BCUT2D eigenvalue weighted by molar-refractivity contribution is -0.118. The van der Waals surface area contributed by atoms with E-state index in [1.165, 1.54) is 17.3 Å². The molecule has 0 unspecified atom stereocenters. The largest absolute Gasteiger partial charge is 0.314 e. The monoisotopic (exact) mass is 478 g/mol. The fourth-order valence-electron chi connectivity index (χ4n) is 3.01. The molecule has 0 aliphatic rings. The molecule has 150 valence electrons. The lowest BCUT2D eigenvalue weighted by Crippen LogP contribution is -2.20. The topological polar surface area (TPSA) is 59.3 Å². The van der Waals surface area contributed by atoms with E-state index in [4.69, 9.17) is 4.98 Å². The molecule has 4 aromatic rings. The number of thioether (sulfide) groups is 1. The Morgan fingerprint density at radius 2 is 1.87 bits per heavy atom. The van der Waals surface area contributed by atoms with Gasteiger partial charge in [-0.3, -0.25) is 4.79 Å². The number of hydrogen-bond donors (Lipinski definition) is 1. The first-order valence-corrected chi connectivity index (χ1v) is 11.2. The zero-order valence-electron chi connectivity index (χ0n) is 16.0. The van der Waals surface area contributed by atoms with Crippen molar-refractivity contribution in [1.29, 1.82) is 0 Å². The minimum absolute atomic E-state index is 0.176. The maximum atomic E-state index is 12.3. The second kappa shape index (κ2) is 9.73. The molecular weight excluding hydrogens is 460 g/mol. The molecule has 0 atom stereocenters. The molecule has 0 aliphatic carbocycles. The maximum absolute atomic E-state index is 12.3. The Kier molecular flexibility index (Phi) is 6.61. The van der Waals surface area contributed by atoms with Crippen LogP contribution in [0.5, 0.6) is 0 Å². The molecular formula is C23H19BrN4OS. The molecule has 1 aromatic heterocycles. The van der Waals surface area contributed by atoms with E-state index in [2.05, 4.69) is 49.2 Å². The van der Waals surface area contributed by atoms with Crippen molar-refractivity contribution in [3.8, 4) is 0 Å². The number of hydrogen-bond acceptors (Lipinski definition) is 4. The molecule has 0 saturated carbocycles. The highest BCUT2D eigenvalue weighted by molar-refractivity contribution is 9.10. The van der Waals surface area contributed by atoms with E-state index in [-0.39, 0.29) is 11.7 Å². The van der Waals surface area contributed by atoms with Gasteiger partial charge in [0.2, 0.25) is 0 Å². The van der Waals surface area contributed by atoms with E-state index in [0.29, 0.717) is 6.54 Å². The minimum Gasteiger partial charge on any atom is -0.314 e. The standard InChI is InChI=1S/C23H19BrN4OS/c24-19-10-6-9-18(13-19)14-25-27-22(29)16-30-23-26-20-11-4-5-12-21(20)28(23)15-17-7-2-1-3-8-17/h1-14H,15-16H2,(H,27,29). The highest BCUT2D eigenvalue weighted by Gasteiger charge is 2.13. The van der Waals surface area contributed by atoms with Crippen LogP contribution in [0.4, 0.5) is 0 Å². The van der Waals surface area contributed by atoms with Crippen molar-refractivity contribution in [2.24, 2.45) is 5.10 Å². The van der Waals surface area contributed by atoms with E-state index in [1.807, 2.05) is 60.7 Å². The molecule has 1 heterocycles. The van der Waals surface area contributed by atoms with Crippen LogP contribution in [0.1, 0.15) is 11.1 Å². The summed E-state index contributed by atoms with van der Waals surface area (Å²) in [4.78, 5) is 17.0. The van der Waals surface area contributed by atoms with Crippen LogP contribution in [-0.4, -0.2) is 27.4 Å². The Bertz CT molecular complexity index is 1190. The smallest absolute Gasteiger partial charge is 0.250 e. The van der Waals surface area contributed by atoms with Gasteiger partial charge in [0.1, 0.15) is 0 Å². The number of hydrazone groups is 1. The van der Waals surface area contributed by atoms with E-state index >= 15 is 0 Å². The number of aromatic nitrogens is 2. The number of rotatable bonds is 7. The van der Waals surface area contributed by atoms with Crippen LogP contribution in [0.2, 0.25) is 0 Å². The number of fused-ring (bicyclic) bond motifs is 1. The molecule has 0 aliphatic heterocycles. The highest BCUT2D eigenvalue weighted by atomic mass is 79.9. The molecule has 0 saturated heterocycles. The van der Waals surface area contributed by atoms with Gasteiger partial charge in [-0.05, 0) is 35.4 Å². The number of carbonyl (C=O) groups is 1. The van der Waals surface area contributed by atoms with Crippen LogP contribution in [0, 0.1) is 0 Å². The van der Waals surface area contributed by atoms with Crippen molar-refractivity contribution in [3.05, 3.63) is 94.5 Å². The van der Waals surface area contributed by atoms with Gasteiger partial charge >= 0.3 is 0 Å². The molecule has 1 amide bonds. The first-order valence-electron chi connectivity index (χ1n) is 9.38. The van der Waals surface area contributed by atoms with Gasteiger partial charge in [0.15, 0.2) is 5.16 Å². The van der Waals surface area contributed by atoms with Crippen molar-refractivity contribution in [3.63, 3.8) is 0 Å². The van der Waals surface area contributed by atoms with Gasteiger partial charge in [-0.1, -0.05) is 82.3 Å². The van der Waals surface area contributed by atoms with E-state index in [1.54, 1.807) is 6.21 Å². The van der Waals surface area contributed by atoms with Crippen LogP contribution in [-0.2, 0) is 11.3 Å². The predicted octanol–water partition coefficient (Wildman–Crippen LogP) is 5.09. The molecule has 0 spiro atoms. The lowest BCUT2D eigenvalue weighted by Gasteiger charge is -2.09. The van der Waals surface area contributed by atoms with Gasteiger partial charge in [0.05, 0.1) is 29.5 Å². The van der Waals surface area contributed by atoms with E-state index in [9.17, 15) is 4.79 Å². The molecule has 3 aromatic carbocycles. The van der Waals surface area contributed by atoms with Crippen LogP contribution in [0.25, 0.3) is 11.0 Å². The fourth-order valence-corrected chi connectivity index (χ4v) is 4.23. The first-order chi connectivity index (χ1) is 14.7. The van der Waals surface area contributed by atoms with Gasteiger partial charge in [0, 0.05) is 4.47 Å². The summed E-state index contributed by atoms with van der Waals surface area (Å²) in [5, 5.41) is 4.85. The molecule has 30 heavy (non-hydrogen) atoms. The summed E-state index contributed by atoms with van der Waals surface area (Å²) in [6.45, 7) is 0.701. The zero-order chi connectivity index (χ0) is 20.8. The van der Waals surface area contributed by atoms with Gasteiger partial charge < -0.3 is 4.57 Å². The van der Waals surface area contributed by atoms with Crippen LogP contribution in [0.3, 0.4) is 0 Å². The number of nitrogens with zero attached hydrogens (tertiary/aromatic N) is 3. The molecule has 7 heteroatoms. The number of benzene rings is 3. The predicted molar refractivity (Wildman–Crippen MR) is 126 cm³/mol. The normalized spacial score (nSPS) is 11.2. The minimum atomic E-state index is -0.176. The fraction of sp³-hybridized carbons (Fsp3) is 0.0870. The summed E-state index contributed by atoms with van der Waals surface area (Å²) < 4.78 is 3.11. The molecule has 5 nitrogen and oxygen atoms in total. The third-order valence-corrected chi connectivity index (χ3v) is 5.86. The van der Waals surface area contributed by atoms with Gasteiger partial charge in [-0.25, -0.2) is 10.4 Å². The maximum Gasteiger partial charge on any atom is 0.250 e. The van der Waals surface area contributed by atoms with Gasteiger partial charge in [0.25, 0.3) is 5.91 Å². The Balaban J connectivity index is 1.44. The van der Waals surface area contributed by atoms with Crippen molar-refractivity contribution in [2.45, 2.75) is 11.7 Å². The second-order valence-corrected chi connectivity index (χ2v) is 8.45. The van der Waals surface area contributed by atoms with Crippen molar-refractivity contribution < 1.29 is 4.79 Å². The number of halogens is 1. The number of amides is 1. The van der Waals surface area contributed by atoms with Gasteiger partial charge in [-0.15, -0.1) is 0 Å². The second-order valence-electron chi connectivity index (χ2n) is 6.59. The average molecular weight is 479 g/mol. The van der Waals surface area contributed by atoms with Crippen molar-refractivity contribution in [1.82, 2.24) is 15.0 Å². The zero-order valence-corrected chi connectivity index (χ0v) is 18.4. The van der Waals surface area contributed by atoms with Crippen molar-refractivity contribution >= 4 is 50.8 Å². The summed E-state index contributed by atoms with van der Waals surface area (Å²) in [6.07, 6.45) is 1.62. The summed E-state index contributed by atoms with van der Waals surface area (Å²) in [5.41, 5.74) is 6.64. The number of carbonyl (C=O) groups excluding carboxylic acids is 1. The SMILES string of the molecule is O=C(CSc1nc2ccccc2n1Cc1ccccc1)NN=Cc1cccc(Br)c1. The third-order valence-electron chi connectivity index (χ3n) is 4.39. The quantitative estimate of drug-likeness (QED) is 0.228. The Hall–Kier alpha value is -2.90. The van der Waals surface area contributed by atoms with Crippen LogP contribution >= 0.6 is 27.7 Å². The molecule has 1 N–H and O–H groups in total. The summed E-state index contributed by atoms with van der Waals surface area (Å²) >= 11 is 4.82. The number of imidazole rings is 1. The number of nitrogens with one attached hydrogen (secondary N) is 1. The van der Waals surface area contributed by atoms with Crippen LogP contribution in [0.15, 0.2) is 93.6 Å². The summed E-state index contributed by atoms with van der Waals surface area (Å²) in [5.74, 6) is 0.0538. The van der Waals surface area contributed by atoms with Gasteiger partial charge in [-0.2, -0.15) is 5.10 Å². The van der Waals surface area contributed by atoms with Crippen LogP contribution < -0.4 is 5.43 Å². The average Bonchev–Trinajstić information content (AvgIpc) is 3.10. The third kappa shape index (κ3) is 5.17. The summed E-state index contributed by atoms with van der Waals surface area (Å²) in [7, 11) is 0. The lowest BCUT2D eigenvalue weighted by atomic mass is 10.2. The van der Waals surface area contributed by atoms with E-state index < -0.39 is 0 Å². The van der Waals surface area contributed by atoms with E-state index in [0.717, 1.165) is 26.2 Å². The molecule has 0 fully saturated rings. The first kappa shape index (κ1) is 20.4. The Morgan fingerprint density at radius 3 is 2.70 bits per heavy atom. The summed E-state index contributed by atoms with van der Waals surface area (Å²) in [6, 6.07) is 26.0. The molecule has 4 rings (SSSR count). The molecule has 0 bridgehead atoms. The Morgan fingerprint density at radius 1 is 1.07 bits per heavy atom.